The molecule has 1 atom stereocenters. The number of anilines is 1. The van der Waals surface area contributed by atoms with E-state index in [0.29, 0.717) is 0 Å². The lowest BCUT2D eigenvalue weighted by atomic mass is 10.2. The molecule has 2 aliphatic heterocycles. The van der Waals surface area contributed by atoms with E-state index in [1.54, 1.807) is 10.9 Å². The molecule has 128 valence electrons. The predicted octanol–water partition coefficient (Wildman–Crippen LogP) is 0.180. The summed E-state index contributed by atoms with van der Waals surface area (Å²) in [7, 11) is 1.88. The van der Waals surface area contributed by atoms with Crippen LogP contribution in [0.4, 0.5) is 5.69 Å². The van der Waals surface area contributed by atoms with Crippen LogP contribution in [-0.4, -0.2) is 84.0 Å². The van der Waals surface area contributed by atoms with Crippen molar-refractivity contribution in [2.45, 2.75) is 19.4 Å². The Morgan fingerprint density at radius 2 is 2.04 bits per heavy atom. The molecular formula is C16H27N5O2. The second-order valence-electron chi connectivity index (χ2n) is 6.24. The summed E-state index contributed by atoms with van der Waals surface area (Å²) in [4.78, 5) is 19.4. The topological polar surface area (TPSA) is 53.8 Å². The van der Waals surface area contributed by atoms with E-state index >= 15 is 0 Å². The van der Waals surface area contributed by atoms with E-state index in [0.717, 1.165) is 64.6 Å². The van der Waals surface area contributed by atoms with Gasteiger partial charge in [-0.05, 0) is 13.3 Å². The summed E-state index contributed by atoms with van der Waals surface area (Å²) in [5.41, 5.74) is 0.912. The molecular weight excluding hydrogens is 294 g/mol. The van der Waals surface area contributed by atoms with Crippen molar-refractivity contribution in [3.05, 3.63) is 12.4 Å². The van der Waals surface area contributed by atoms with Gasteiger partial charge in [-0.3, -0.25) is 19.3 Å². The number of carbonyl (C=O) groups excluding carboxylic acids is 1. The van der Waals surface area contributed by atoms with Crippen LogP contribution in [0, 0.1) is 0 Å². The molecule has 2 fully saturated rings. The second-order valence-corrected chi connectivity index (χ2v) is 6.24. The smallest absolute Gasteiger partial charge is 0.244 e. The quantitative estimate of drug-likeness (QED) is 0.700. The average Bonchev–Trinajstić information content (AvgIpc) is 3.14. The Morgan fingerprint density at radius 1 is 1.26 bits per heavy atom. The van der Waals surface area contributed by atoms with Crippen LogP contribution in [-0.2, 0) is 16.6 Å². The number of nitrogens with zero attached hydrogens (tertiary/aromatic N) is 5. The number of amides is 1. The molecule has 23 heavy (non-hydrogen) atoms. The maximum absolute atomic E-state index is 12.7. The zero-order valence-corrected chi connectivity index (χ0v) is 14.1. The van der Waals surface area contributed by atoms with E-state index in [1.807, 2.05) is 25.1 Å². The zero-order chi connectivity index (χ0) is 16.2. The maximum Gasteiger partial charge on any atom is 0.244 e. The number of aryl methyl sites for hydroxylation is 1. The van der Waals surface area contributed by atoms with Crippen molar-refractivity contribution in [3.8, 4) is 0 Å². The van der Waals surface area contributed by atoms with Crippen molar-refractivity contribution >= 4 is 11.6 Å². The third kappa shape index (κ3) is 3.73. The standard InChI is InChI=1S/C16H27N5O2/c1-3-23-11-10-19-6-8-20(9-7-19)15-4-5-21(16(15)22)14-12-17-18(2)13-14/h12-13,15H,3-11H2,1-2H3. The molecule has 7 nitrogen and oxygen atoms in total. The fourth-order valence-corrected chi connectivity index (χ4v) is 3.44. The van der Waals surface area contributed by atoms with Crippen molar-refractivity contribution in [1.82, 2.24) is 19.6 Å². The molecule has 0 bridgehead atoms. The molecule has 3 heterocycles. The average molecular weight is 321 g/mol. The summed E-state index contributed by atoms with van der Waals surface area (Å²) in [5, 5.41) is 4.17. The lowest BCUT2D eigenvalue weighted by Gasteiger charge is -2.37. The Balaban J connectivity index is 1.50. The number of rotatable bonds is 6. The Hall–Kier alpha value is -1.44. The van der Waals surface area contributed by atoms with Gasteiger partial charge in [-0.15, -0.1) is 0 Å². The van der Waals surface area contributed by atoms with Crippen LogP contribution in [0.15, 0.2) is 12.4 Å². The summed E-state index contributed by atoms with van der Waals surface area (Å²) in [6, 6.07) is 0.0317. The van der Waals surface area contributed by atoms with Gasteiger partial charge in [0.2, 0.25) is 5.91 Å². The highest BCUT2D eigenvalue weighted by molar-refractivity contribution is 5.99. The maximum atomic E-state index is 12.7. The van der Waals surface area contributed by atoms with Crippen LogP contribution in [0.25, 0.3) is 0 Å². The van der Waals surface area contributed by atoms with E-state index in [4.69, 9.17) is 4.74 Å². The first-order chi connectivity index (χ1) is 11.2. The number of hydrogen-bond donors (Lipinski definition) is 0. The molecule has 1 aromatic rings. The third-order valence-corrected chi connectivity index (χ3v) is 4.78. The van der Waals surface area contributed by atoms with E-state index in [1.165, 1.54) is 0 Å². The summed E-state index contributed by atoms with van der Waals surface area (Å²) < 4.78 is 7.16. The van der Waals surface area contributed by atoms with Gasteiger partial charge < -0.3 is 9.64 Å². The monoisotopic (exact) mass is 321 g/mol. The first-order valence-corrected chi connectivity index (χ1v) is 8.53. The molecule has 0 N–H and O–H groups in total. The molecule has 0 aliphatic carbocycles. The normalized spacial score (nSPS) is 23.8. The molecule has 7 heteroatoms. The van der Waals surface area contributed by atoms with Crippen LogP contribution >= 0.6 is 0 Å². The number of carbonyl (C=O) groups is 1. The molecule has 2 aliphatic rings. The highest BCUT2D eigenvalue weighted by Crippen LogP contribution is 2.24. The summed E-state index contributed by atoms with van der Waals surface area (Å²) >= 11 is 0. The third-order valence-electron chi connectivity index (χ3n) is 4.78. The molecule has 2 saturated heterocycles. The SMILES string of the molecule is CCOCCN1CCN(C2CCN(c3cnn(C)c3)C2=O)CC1. The largest absolute Gasteiger partial charge is 0.380 e. The molecule has 1 unspecified atom stereocenters. The van der Waals surface area contributed by atoms with E-state index in [9.17, 15) is 4.79 Å². The van der Waals surface area contributed by atoms with Gasteiger partial charge in [0.1, 0.15) is 0 Å². The Kier molecular flexibility index (Phi) is 5.30. The summed E-state index contributed by atoms with van der Waals surface area (Å²) in [6.45, 7) is 9.34. The van der Waals surface area contributed by atoms with Gasteiger partial charge >= 0.3 is 0 Å². The highest BCUT2D eigenvalue weighted by atomic mass is 16.5. The number of ether oxygens (including phenoxy) is 1. The number of piperazine rings is 1. The first kappa shape index (κ1) is 16.4. The Bertz CT molecular complexity index is 524. The van der Waals surface area contributed by atoms with Crippen LogP contribution < -0.4 is 4.90 Å². The lowest BCUT2D eigenvalue weighted by Crippen LogP contribution is -2.53. The van der Waals surface area contributed by atoms with Crippen molar-refractivity contribution in [2.75, 3.05) is 57.4 Å². The van der Waals surface area contributed by atoms with E-state index in [2.05, 4.69) is 14.9 Å². The fourth-order valence-electron chi connectivity index (χ4n) is 3.44. The first-order valence-electron chi connectivity index (χ1n) is 8.53. The van der Waals surface area contributed by atoms with E-state index < -0.39 is 0 Å². The molecule has 3 rings (SSSR count). The molecule has 0 radical (unpaired) electrons. The number of hydrogen-bond acceptors (Lipinski definition) is 5. The van der Waals surface area contributed by atoms with Gasteiger partial charge in [0.15, 0.2) is 0 Å². The van der Waals surface area contributed by atoms with Crippen molar-refractivity contribution < 1.29 is 9.53 Å². The minimum absolute atomic E-state index is 0.0317. The Morgan fingerprint density at radius 3 is 2.70 bits per heavy atom. The molecule has 1 aromatic heterocycles. The second kappa shape index (κ2) is 7.42. The Labute approximate surface area is 137 Å². The van der Waals surface area contributed by atoms with Crippen LogP contribution in [0.3, 0.4) is 0 Å². The summed E-state index contributed by atoms with van der Waals surface area (Å²) in [6.07, 6.45) is 4.59. The van der Waals surface area contributed by atoms with Crippen LogP contribution in [0.1, 0.15) is 13.3 Å². The van der Waals surface area contributed by atoms with Crippen LogP contribution in [0.2, 0.25) is 0 Å². The van der Waals surface area contributed by atoms with Crippen molar-refractivity contribution in [1.29, 1.82) is 0 Å². The van der Waals surface area contributed by atoms with Crippen molar-refractivity contribution in [3.63, 3.8) is 0 Å². The van der Waals surface area contributed by atoms with Gasteiger partial charge in [0, 0.05) is 59.1 Å². The molecule has 1 amide bonds. The molecule has 0 spiro atoms. The predicted molar refractivity (Wildman–Crippen MR) is 88.5 cm³/mol. The molecule has 0 saturated carbocycles. The zero-order valence-electron chi connectivity index (χ0n) is 14.1. The van der Waals surface area contributed by atoms with Gasteiger partial charge in [-0.1, -0.05) is 0 Å². The number of aromatic nitrogens is 2. The minimum atomic E-state index is 0.0317. The minimum Gasteiger partial charge on any atom is -0.380 e. The molecule has 0 aromatic carbocycles. The van der Waals surface area contributed by atoms with Gasteiger partial charge in [-0.2, -0.15) is 5.10 Å². The summed E-state index contributed by atoms with van der Waals surface area (Å²) in [5.74, 6) is 0.223. The van der Waals surface area contributed by atoms with E-state index in [-0.39, 0.29) is 11.9 Å². The fraction of sp³-hybridized carbons (Fsp3) is 0.750. The van der Waals surface area contributed by atoms with Gasteiger partial charge in [-0.25, -0.2) is 0 Å². The highest BCUT2D eigenvalue weighted by Gasteiger charge is 2.38. The van der Waals surface area contributed by atoms with Gasteiger partial charge in [0.05, 0.1) is 24.5 Å². The lowest BCUT2D eigenvalue weighted by molar-refractivity contribution is -0.122. The van der Waals surface area contributed by atoms with Crippen molar-refractivity contribution in [2.24, 2.45) is 7.05 Å². The van der Waals surface area contributed by atoms with Gasteiger partial charge in [0.25, 0.3) is 0 Å². The van der Waals surface area contributed by atoms with Crippen LogP contribution in [0.5, 0.6) is 0 Å².